The summed E-state index contributed by atoms with van der Waals surface area (Å²) in [5, 5.41) is 6.87. The maximum Gasteiger partial charge on any atom is 0.338 e. The van der Waals surface area contributed by atoms with Gasteiger partial charge in [-0.25, -0.2) is 4.79 Å². The average Bonchev–Trinajstić information content (AvgIpc) is 2.66. The fourth-order valence-electron chi connectivity index (χ4n) is 3.43. The van der Waals surface area contributed by atoms with Crippen LogP contribution in [0.25, 0.3) is 5.57 Å². The fourth-order valence-corrected chi connectivity index (χ4v) is 3.67. The van der Waals surface area contributed by atoms with Gasteiger partial charge in [0.15, 0.2) is 5.11 Å². The number of thiocarbonyl (C=S) groups is 1. The van der Waals surface area contributed by atoms with Crippen LogP contribution < -0.4 is 15.5 Å². The Morgan fingerprint density at radius 2 is 1.72 bits per heavy atom. The Bertz CT molecular complexity index is 965. The molecule has 0 fully saturated rings. The van der Waals surface area contributed by atoms with Crippen molar-refractivity contribution in [2.24, 2.45) is 0 Å². The van der Waals surface area contributed by atoms with Crippen LogP contribution in [0.15, 0.2) is 48.5 Å². The monoisotopic (exact) mass is 409 g/mol. The summed E-state index contributed by atoms with van der Waals surface area (Å²) in [4.78, 5) is 14.0. The van der Waals surface area contributed by atoms with Crippen molar-refractivity contribution in [1.82, 2.24) is 0 Å². The third kappa shape index (κ3) is 4.59. The van der Waals surface area contributed by atoms with Crippen molar-refractivity contribution in [2.75, 3.05) is 29.2 Å². The van der Waals surface area contributed by atoms with E-state index in [0.29, 0.717) is 17.3 Å². The van der Waals surface area contributed by atoms with Gasteiger partial charge in [-0.05, 0) is 88.0 Å². The smallest absolute Gasteiger partial charge is 0.338 e. The first-order chi connectivity index (χ1) is 13.7. The van der Waals surface area contributed by atoms with Crippen LogP contribution in [-0.4, -0.2) is 30.3 Å². The molecule has 2 N–H and O–H groups in total. The molecule has 0 unspecified atom stereocenters. The molecule has 0 bridgehead atoms. The predicted molar refractivity (Wildman–Crippen MR) is 125 cm³/mol. The lowest BCUT2D eigenvalue weighted by Crippen LogP contribution is -2.42. The van der Waals surface area contributed by atoms with Gasteiger partial charge in [-0.3, -0.25) is 0 Å². The van der Waals surface area contributed by atoms with E-state index in [4.69, 9.17) is 17.0 Å². The second-order valence-electron chi connectivity index (χ2n) is 7.65. The zero-order valence-corrected chi connectivity index (χ0v) is 18.3. The number of fused-ring (bicyclic) bond motifs is 1. The summed E-state index contributed by atoms with van der Waals surface area (Å²) in [5.74, 6) is -0.328. The first kappa shape index (κ1) is 20.9. The number of anilines is 3. The molecular weight excluding hydrogens is 382 g/mol. The number of likely N-dealkylation sites (N-methyl/N-ethyl adjacent to an activating group) is 1. The third-order valence-electron chi connectivity index (χ3n) is 5.13. The Labute approximate surface area is 177 Å². The van der Waals surface area contributed by atoms with Gasteiger partial charge in [0.1, 0.15) is 0 Å². The maximum absolute atomic E-state index is 11.7. The normalized spacial score (nSPS) is 14.5. The molecule has 1 aliphatic heterocycles. The summed E-state index contributed by atoms with van der Waals surface area (Å²) < 4.78 is 5.00. The van der Waals surface area contributed by atoms with Gasteiger partial charge in [0.2, 0.25) is 0 Å². The number of allylic oxidation sites excluding steroid dienone is 1. The van der Waals surface area contributed by atoms with Crippen LogP contribution in [0.3, 0.4) is 0 Å². The van der Waals surface area contributed by atoms with E-state index in [1.54, 1.807) is 31.2 Å². The molecule has 0 atom stereocenters. The van der Waals surface area contributed by atoms with Crippen molar-refractivity contribution < 1.29 is 9.53 Å². The summed E-state index contributed by atoms with van der Waals surface area (Å²) in [7, 11) is 2.11. The number of benzene rings is 2. The van der Waals surface area contributed by atoms with Crippen LogP contribution in [0.1, 0.15) is 43.6 Å². The van der Waals surface area contributed by atoms with Crippen molar-refractivity contribution in [2.45, 2.75) is 33.2 Å². The van der Waals surface area contributed by atoms with Crippen LogP contribution in [0.4, 0.5) is 17.1 Å². The van der Waals surface area contributed by atoms with Crippen molar-refractivity contribution >= 4 is 45.9 Å². The lowest BCUT2D eigenvalue weighted by molar-refractivity contribution is 0.0526. The lowest BCUT2D eigenvalue weighted by Gasteiger charge is -2.40. The van der Waals surface area contributed by atoms with E-state index in [2.05, 4.69) is 61.6 Å². The largest absolute Gasteiger partial charge is 0.462 e. The fraction of sp³-hybridized carbons (Fsp3) is 0.304. The van der Waals surface area contributed by atoms with Gasteiger partial charge in [0, 0.05) is 29.7 Å². The van der Waals surface area contributed by atoms with Gasteiger partial charge in [-0.15, -0.1) is 0 Å². The Morgan fingerprint density at radius 3 is 2.38 bits per heavy atom. The number of carbonyl (C=O) groups excluding carboxylic acids is 1. The summed E-state index contributed by atoms with van der Waals surface area (Å²) in [5.41, 5.74) is 5.86. The van der Waals surface area contributed by atoms with E-state index in [-0.39, 0.29) is 11.5 Å². The molecule has 0 saturated heterocycles. The highest BCUT2D eigenvalue weighted by Gasteiger charge is 2.28. The highest BCUT2D eigenvalue weighted by molar-refractivity contribution is 7.80. The molecule has 0 aromatic heterocycles. The third-order valence-corrected chi connectivity index (χ3v) is 5.33. The molecule has 3 rings (SSSR count). The van der Waals surface area contributed by atoms with E-state index in [0.717, 1.165) is 11.4 Å². The average molecular weight is 410 g/mol. The van der Waals surface area contributed by atoms with E-state index >= 15 is 0 Å². The molecule has 29 heavy (non-hydrogen) atoms. The highest BCUT2D eigenvalue weighted by Crippen LogP contribution is 2.38. The topological polar surface area (TPSA) is 53.6 Å². The predicted octanol–water partition coefficient (Wildman–Crippen LogP) is 5.30. The van der Waals surface area contributed by atoms with Gasteiger partial charge >= 0.3 is 5.97 Å². The number of rotatable bonds is 4. The first-order valence-electron chi connectivity index (χ1n) is 9.64. The molecule has 152 valence electrons. The summed E-state index contributed by atoms with van der Waals surface area (Å²) in [6.07, 6.45) is 2.28. The van der Waals surface area contributed by atoms with Crippen LogP contribution in [0.5, 0.6) is 0 Å². The molecule has 1 heterocycles. The summed E-state index contributed by atoms with van der Waals surface area (Å²) in [6, 6.07) is 13.3. The van der Waals surface area contributed by atoms with Gasteiger partial charge in [0.05, 0.1) is 17.7 Å². The number of nitrogens with one attached hydrogen (secondary N) is 2. The Kier molecular flexibility index (Phi) is 5.94. The summed E-state index contributed by atoms with van der Waals surface area (Å²) >= 11 is 5.45. The molecule has 6 heteroatoms. The standard InChI is InChI=1S/C23H27N3O2S/c1-6-28-21(27)16-7-9-17(10-8-16)24-22(29)25-18-11-12-20-19(13-18)15(2)14-23(3,4)26(20)5/h7-14H,6H2,1-5H3,(H2,24,25,29). The van der Waals surface area contributed by atoms with Gasteiger partial charge < -0.3 is 20.3 Å². The number of esters is 1. The zero-order valence-electron chi connectivity index (χ0n) is 17.5. The van der Waals surface area contributed by atoms with Gasteiger partial charge in [-0.2, -0.15) is 0 Å². The van der Waals surface area contributed by atoms with Crippen molar-refractivity contribution in [1.29, 1.82) is 0 Å². The van der Waals surface area contributed by atoms with Crippen molar-refractivity contribution in [3.05, 3.63) is 59.7 Å². The number of ether oxygens (including phenoxy) is 1. The van der Waals surface area contributed by atoms with Crippen LogP contribution in [0.2, 0.25) is 0 Å². The Balaban J connectivity index is 1.69. The first-order valence-corrected chi connectivity index (χ1v) is 10.0. The molecule has 0 radical (unpaired) electrons. The molecule has 0 spiro atoms. The number of carbonyl (C=O) groups is 1. The Hall–Kier alpha value is -2.86. The molecule has 5 nitrogen and oxygen atoms in total. The Morgan fingerprint density at radius 1 is 1.10 bits per heavy atom. The van der Waals surface area contributed by atoms with Gasteiger partial charge in [-0.1, -0.05) is 6.08 Å². The molecule has 2 aromatic rings. The van der Waals surface area contributed by atoms with E-state index in [1.807, 2.05) is 6.07 Å². The van der Waals surface area contributed by atoms with E-state index in [1.165, 1.54) is 16.8 Å². The molecule has 0 saturated carbocycles. The van der Waals surface area contributed by atoms with Crippen molar-refractivity contribution in [3.63, 3.8) is 0 Å². The van der Waals surface area contributed by atoms with Crippen LogP contribution in [0, 0.1) is 0 Å². The second kappa shape index (κ2) is 8.25. The summed E-state index contributed by atoms with van der Waals surface area (Å²) in [6.45, 7) is 8.69. The minimum absolute atomic E-state index is 0.0153. The molecular formula is C23H27N3O2S. The molecule has 2 aromatic carbocycles. The maximum atomic E-state index is 11.7. The second-order valence-corrected chi connectivity index (χ2v) is 8.06. The van der Waals surface area contributed by atoms with E-state index in [9.17, 15) is 4.79 Å². The number of hydrogen-bond donors (Lipinski definition) is 2. The van der Waals surface area contributed by atoms with Gasteiger partial charge in [0.25, 0.3) is 0 Å². The SMILES string of the molecule is CCOC(=O)c1ccc(NC(=S)Nc2ccc3c(c2)C(C)=CC(C)(C)N3C)cc1. The quantitative estimate of drug-likeness (QED) is 0.528. The molecule has 0 amide bonds. The minimum Gasteiger partial charge on any atom is -0.462 e. The zero-order chi connectivity index (χ0) is 21.2. The van der Waals surface area contributed by atoms with E-state index < -0.39 is 0 Å². The number of nitrogens with zero attached hydrogens (tertiary/aromatic N) is 1. The lowest BCUT2D eigenvalue weighted by atomic mass is 9.89. The van der Waals surface area contributed by atoms with Crippen LogP contribution >= 0.6 is 12.2 Å². The molecule has 1 aliphatic rings. The highest BCUT2D eigenvalue weighted by atomic mass is 32.1. The minimum atomic E-state index is -0.328. The molecule has 0 aliphatic carbocycles. The van der Waals surface area contributed by atoms with Crippen LogP contribution in [-0.2, 0) is 4.74 Å². The number of hydrogen-bond acceptors (Lipinski definition) is 4. The van der Waals surface area contributed by atoms with Crippen molar-refractivity contribution in [3.8, 4) is 0 Å².